The summed E-state index contributed by atoms with van der Waals surface area (Å²) in [5, 5.41) is 1.28. The fourth-order valence-corrected chi connectivity index (χ4v) is 2.55. The van der Waals surface area contributed by atoms with Crippen molar-refractivity contribution in [2.75, 3.05) is 7.11 Å². The summed E-state index contributed by atoms with van der Waals surface area (Å²) in [6, 6.07) is 17.0. The number of nitrogens with one attached hydrogen (secondary N) is 1. The van der Waals surface area contributed by atoms with Gasteiger partial charge < -0.3 is 9.72 Å². The van der Waals surface area contributed by atoms with Crippen LogP contribution in [0.15, 0.2) is 48.5 Å². The number of aromatic amines is 1. The lowest BCUT2D eigenvalue weighted by Crippen LogP contribution is -1.82. The molecule has 0 fully saturated rings. The summed E-state index contributed by atoms with van der Waals surface area (Å²) in [6.45, 7) is 2.21. The minimum absolute atomic E-state index is 0.884. The Balaban J connectivity index is 1.98. The molecular weight excluding hydrogens is 246 g/mol. The van der Waals surface area contributed by atoms with Crippen molar-refractivity contribution in [1.29, 1.82) is 0 Å². The molecule has 2 aromatic carbocycles. The average Bonchev–Trinajstić information content (AvgIpc) is 2.91. The van der Waals surface area contributed by atoms with Crippen LogP contribution in [0.2, 0.25) is 0 Å². The van der Waals surface area contributed by atoms with Crippen molar-refractivity contribution in [3.63, 3.8) is 0 Å². The molecule has 20 heavy (non-hydrogen) atoms. The zero-order chi connectivity index (χ0) is 13.9. The molecule has 0 aliphatic rings. The Morgan fingerprint density at radius 1 is 1.00 bits per heavy atom. The van der Waals surface area contributed by atoms with E-state index in [1.165, 1.54) is 28.5 Å². The SMILES string of the molecule is CCCc1ccc2[nH]c(-c3ccc(OC)cc3)cc2c1. The Labute approximate surface area is 119 Å². The minimum Gasteiger partial charge on any atom is -0.497 e. The molecule has 0 spiro atoms. The molecule has 0 saturated heterocycles. The van der Waals surface area contributed by atoms with E-state index in [1.54, 1.807) is 7.11 Å². The van der Waals surface area contributed by atoms with Gasteiger partial charge in [-0.2, -0.15) is 0 Å². The number of rotatable bonds is 4. The Kier molecular flexibility index (Phi) is 3.46. The van der Waals surface area contributed by atoms with Crippen molar-refractivity contribution >= 4 is 10.9 Å². The maximum atomic E-state index is 5.20. The highest BCUT2D eigenvalue weighted by atomic mass is 16.5. The predicted molar refractivity (Wildman–Crippen MR) is 84.3 cm³/mol. The molecule has 0 bridgehead atoms. The summed E-state index contributed by atoms with van der Waals surface area (Å²) in [4.78, 5) is 3.48. The highest BCUT2D eigenvalue weighted by Gasteiger charge is 2.04. The van der Waals surface area contributed by atoms with Crippen molar-refractivity contribution in [3.05, 3.63) is 54.1 Å². The molecule has 102 valence electrons. The second kappa shape index (κ2) is 5.41. The normalized spacial score (nSPS) is 10.9. The number of aromatic nitrogens is 1. The van der Waals surface area contributed by atoms with E-state index in [9.17, 15) is 0 Å². The summed E-state index contributed by atoms with van der Waals surface area (Å²) in [7, 11) is 1.69. The number of H-pyrrole nitrogens is 1. The lowest BCUT2D eigenvalue weighted by atomic mass is 10.1. The van der Waals surface area contributed by atoms with Gasteiger partial charge in [0.15, 0.2) is 0 Å². The highest BCUT2D eigenvalue weighted by molar-refractivity contribution is 5.86. The Morgan fingerprint density at radius 3 is 2.50 bits per heavy atom. The maximum absolute atomic E-state index is 5.20. The van der Waals surface area contributed by atoms with Crippen molar-refractivity contribution in [1.82, 2.24) is 4.98 Å². The zero-order valence-corrected chi connectivity index (χ0v) is 11.9. The Bertz CT molecular complexity index is 710. The summed E-state index contributed by atoms with van der Waals surface area (Å²) in [5.41, 5.74) is 4.92. The molecule has 1 N–H and O–H groups in total. The fraction of sp³-hybridized carbons (Fsp3) is 0.222. The summed E-state index contributed by atoms with van der Waals surface area (Å²) in [6.07, 6.45) is 2.32. The molecule has 1 aromatic heterocycles. The van der Waals surface area contributed by atoms with E-state index in [2.05, 4.69) is 48.3 Å². The van der Waals surface area contributed by atoms with Gasteiger partial charge in [-0.05, 0) is 60.0 Å². The quantitative estimate of drug-likeness (QED) is 0.720. The van der Waals surface area contributed by atoms with Crippen molar-refractivity contribution in [2.24, 2.45) is 0 Å². The molecule has 3 rings (SSSR count). The number of aryl methyl sites for hydroxylation is 1. The predicted octanol–water partition coefficient (Wildman–Crippen LogP) is 4.80. The van der Waals surface area contributed by atoms with Crippen LogP contribution >= 0.6 is 0 Å². The number of ether oxygens (including phenoxy) is 1. The van der Waals surface area contributed by atoms with Crippen molar-refractivity contribution < 1.29 is 4.74 Å². The summed E-state index contributed by atoms with van der Waals surface area (Å²) in [5.74, 6) is 0.884. The van der Waals surface area contributed by atoms with Gasteiger partial charge in [0.05, 0.1) is 7.11 Å². The third-order valence-corrected chi connectivity index (χ3v) is 3.62. The first-order valence-corrected chi connectivity index (χ1v) is 7.06. The van der Waals surface area contributed by atoms with Crippen LogP contribution in [-0.4, -0.2) is 12.1 Å². The molecule has 2 heteroatoms. The third-order valence-electron chi connectivity index (χ3n) is 3.62. The van der Waals surface area contributed by atoms with Gasteiger partial charge in [-0.1, -0.05) is 19.4 Å². The van der Waals surface area contributed by atoms with Crippen LogP contribution in [-0.2, 0) is 6.42 Å². The molecule has 1 heterocycles. The van der Waals surface area contributed by atoms with E-state index in [0.717, 1.165) is 17.9 Å². The average molecular weight is 265 g/mol. The smallest absolute Gasteiger partial charge is 0.118 e. The maximum Gasteiger partial charge on any atom is 0.118 e. The van der Waals surface area contributed by atoms with E-state index < -0.39 is 0 Å². The van der Waals surface area contributed by atoms with Crippen LogP contribution in [0.5, 0.6) is 5.75 Å². The second-order valence-electron chi connectivity index (χ2n) is 5.08. The number of fused-ring (bicyclic) bond motifs is 1. The Hall–Kier alpha value is -2.22. The molecule has 3 aromatic rings. The van der Waals surface area contributed by atoms with Crippen LogP contribution in [0.1, 0.15) is 18.9 Å². The molecule has 0 radical (unpaired) electrons. The number of hydrogen-bond donors (Lipinski definition) is 1. The van der Waals surface area contributed by atoms with Gasteiger partial charge in [-0.25, -0.2) is 0 Å². The topological polar surface area (TPSA) is 25.0 Å². The van der Waals surface area contributed by atoms with Crippen LogP contribution in [0, 0.1) is 0 Å². The molecule has 2 nitrogen and oxygen atoms in total. The van der Waals surface area contributed by atoms with Crippen LogP contribution < -0.4 is 4.74 Å². The van der Waals surface area contributed by atoms with E-state index >= 15 is 0 Å². The molecule has 0 amide bonds. The van der Waals surface area contributed by atoms with Crippen LogP contribution in [0.25, 0.3) is 22.2 Å². The Morgan fingerprint density at radius 2 is 1.80 bits per heavy atom. The van der Waals surface area contributed by atoms with Crippen molar-refractivity contribution in [2.45, 2.75) is 19.8 Å². The van der Waals surface area contributed by atoms with E-state index in [4.69, 9.17) is 4.74 Å². The third kappa shape index (κ3) is 2.42. The molecule has 0 aliphatic carbocycles. The molecule has 0 aliphatic heterocycles. The standard InChI is InChI=1S/C18H19NO/c1-3-4-13-5-10-17-15(11-13)12-18(19-17)14-6-8-16(20-2)9-7-14/h5-12,19H,3-4H2,1-2H3. The van der Waals surface area contributed by atoms with Gasteiger partial charge in [0, 0.05) is 16.6 Å². The highest BCUT2D eigenvalue weighted by Crippen LogP contribution is 2.26. The largest absolute Gasteiger partial charge is 0.497 e. The van der Waals surface area contributed by atoms with Crippen molar-refractivity contribution in [3.8, 4) is 17.0 Å². The van der Waals surface area contributed by atoms with Gasteiger partial charge in [-0.3, -0.25) is 0 Å². The number of benzene rings is 2. The molecule has 0 unspecified atom stereocenters. The van der Waals surface area contributed by atoms with E-state index in [1.807, 2.05) is 12.1 Å². The monoisotopic (exact) mass is 265 g/mol. The number of hydrogen-bond acceptors (Lipinski definition) is 1. The van der Waals surface area contributed by atoms with E-state index in [0.29, 0.717) is 0 Å². The van der Waals surface area contributed by atoms with Crippen LogP contribution in [0.3, 0.4) is 0 Å². The van der Waals surface area contributed by atoms with E-state index in [-0.39, 0.29) is 0 Å². The molecule has 0 atom stereocenters. The number of methoxy groups -OCH3 is 1. The zero-order valence-electron chi connectivity index (χ0n) is 11.9. The minimum atomic E-state index is 0.884. The second-order valence-corrected chi connectivity index (χ2v) is 5.08. The molecular formula is C18H19NO. The van der Waals surface area contributed by atoms with Crippen LogP contribution in [0.4, 0.5) is 0 Å². The summed E-state index contributed by atoms with van der Waals surface area (Å²) >= 11 is 0. The summed E-state index contributed by atoms with van der Waals surface area (Å²) < 4.78 is 5.20. The van der Waals surface area contributed by atoms with Gasteiger partial charge >= 0.3 is 0 Å². The van der Waals surface area contributed by atoms with Gasteiger partial charge in [-0.15, -0.1) is 0 Å². The van der Waals surface area contributed by atoms with Gasteiger partial charge in [0.1, 0.15) is 5.75 Å². The first-order chi connectivity index (χ1) is 9.80. The first-order valence-electron chi connectivity index (χ1n) is 7.06. The molecule has 0 saturated carbocycles. The first kappa shape index (κ1) is 12.8. The van der Waals surface area contributed by atoms with Gasteiger partial charge in [0.2, 0.25) is 0 Å². The fourth-order valence-electron chi connectivity index (χ4n) is 2.55. The lowest BCUT2D eigenvalue weighted by Gasteiger charge is -2.01. The lowest BCUT2D eigenvalue weighted by molar-refractivity contribution is 0.415. The van der Waals surface area contributed by atoms with Gasteiger partial charge in [0.25, 0.3) is 0 Å².